The van der Waals surface area contributed by atoms with E-state index < -0.39 is 0 Å². The SMILES string of the molecule is ClC(CC1CO1)c1ccccc1. The first-order valence-electron chi connectivity index (χ1n) is 4.17. The zero-order valence-corrected chi connectivity index (χ0v) is 7.50. The van der Waals surface area contributed by atoms with E-state index in [-0.39, 0.29) is 5.38 Å². The Balaban J connectivity index is 1.98. The van der Waals surface area contributed by atoms with E-state index in [2.05, 4.69) is 12.1 Å². The average Bonchev–Trinajstić information content (AvgIpc) is 2.90. The average molecular weight is 183 g/mol. The molecule has 0 radical (unpaired) electrons. The minimum absolute atomic E-state index is 0.110. The molecule has 0 aliphatic carbocycles. The third-order valence-corrected chi connectivity index (χ3v) is 2.46. The molecule has 2 unspecified atom stereocenters. The standard InChI is InChI=1S/C10H11ClO/c11-10(6-9-7-12-9)8-4-2-1-3-5-8/h1-5,9-10H,6-7H2. The van der Waals surface area contributed by atoms with Crippen LogP contribution in [0.5, 0.6) is 0 Å². The zero-order valence-electron chi connectivity index (χ0n) is 6.74. The van der Waals surface area contributed by atoms with Gasteiger partial charge in [0, 0.05) is 0 Å². The van der Waals surface area contributed by atoms with Gasteiger partial charge in [-0.3, -0.25) is 0 Å². The molecule has 0 saturated carbocycles. The van der Waals surface area contributed by atoms with Crippen molar-refractivity contribution in [2.24, 2.45) is 0 Å². The highest BCUT2D eigenvalue weighted by molar-refractivity contribution is 6.20. The lowest BCUT2D eigenvalue weighted by atomic mass is 10.1. The number of benzene rings is 1. The van der Waals surface area contributed by atoms with Crippen LogP contribution < -0.4 is 0 Å². The molecule has 1 heterocycles. The van der Waals surface area contributed by atoms with Crippen LogP contribution in [0.1, 0.15) is 17.4 Å². The summed E-state index contributed by atoms with van der Waals surface area (Å²) in [6.07, 6.45) is 1.35. The van der Waals surface area contributed by atoms with Gasteiger partial charge in [0.15, 0.2) is 0 Å². The predicted molar refractivity (Wildman–Crippen MR) is 49.4 cm³/mol. The normalized spacial score (nSPS) is 23.6. The molecule has 1 aromatic carbocycles. The van der Waals surface area contributed by atoms with Gasteiger partial charge < -0.3 is 4.74 Å². The van der Waals surface area contributed by atoms with E-state index in [0.29, 0.717) is 6.10 Å². The fourth-order valence-corrected chi connectivity index (χ4v) is 1.58. The number of hydrogen-bond acceptors (Lipinski definition) is 1. The maximum atomic E-state index is 6.16. The van der Waals surface area contributed by atoms with Crippen molar-refractivity contribution in [3.05, 3.63) is 35.9 Å². The molecule has 0 spiro atoms. The van der Waals surface area contributed by atoms with E-state index in [1.54, 1.807) is 0 Å². The van der Waals surface area contributed by atoms with Crippen LogP contribution in [0.15, 0.2) is 30.3 Å². The summed E-state index contributed by atoms with van der Waals surface area (Å²) in [5.41, 5.74) is 1.19. The molecule has 2 rings (SSSR count). The summed E-state index contributed by atoms with van der Waals surface area (Å²) in [4.78, 5) is 0. The first-order chi connectivity index (χ1) is 5.86. The van der Waals surface area contributed by atoms with E-state index in [1.807, 2.05) is 18.2 Å². The summed E-state index contributed by atoms with van der Waals surface area (Å²) in [6, 6.07) is 10.1. The molecule has 64 valence electrons. The van der Waals surface area contributed by atoms with Crippen LogP contribution in [-0.2, 0) is 4.74 Å². The molecule has 0 N–H and O–H groups in total. The van der Waals surface area contributed by atoms with E-state index in [0.717, 1.165) is 13.0 Å². The van der Waals surface area contributed by atoms with Crippen molar-refractivity contribution in [1.29, 1.82) is 0 Å². The summed E-state index contributed by atoms with van der Waals surface area (Å²) in [7, 11) is 0. The smallest absolute Gasteiger partial charge is 0.0827 e. The van der Waals surface area contributed by atoms with Gasteiger partial charge in [-0.25, -0.2) is 0 Å². The molecule has 0 bridgehead atoms. The van der Waals surface area contributed by atoms with Gasteiger partial charge in [-0.15, -0.1) is 11.6 Å². The van der Waals surface area contributed by atoms with Crippen LogP contribution in [-0.4, -0.2) is 12.7 Å². The first kappa shape index (κ1) is 8.09. The second-order valence-corrected chi connectivity index (χ2v) is 3.60. The van der Waals surface area contributed by atoms with Gasteiger partial charge in [-0.1, -0.05) is 30.3 Å². The highest BCUT2D eigenvalue weighted by atomic mass is 35.5. The minimum atomic E-state index is 0.110. The van der Waals surface area contributed by atoms with Crippen molar-refractivity contribution in [1.82, 2.24) is 0 Å². The fourth-order valence-electron chi connectivity index (χ4n) is 1.23. The quantitative estimate of drug-likeness (QED) is 0.517. The van der Waals surface area contributed by atoms with Crippen molar-refractivity contribution in [3.63, 3.8) is 0 Å². The minimum Gasteiger partial charge on any atom is -0.373 e. The van der Waals surface area contributed by atoms with Crippen LogP contribution in [0.25, 0.3) is 0 Å². The van der Waals surface area contributed by atoms with Gasteiger partial charge >= 0.3 is 0 Å². The molecule has 2 atom stereocenters. The van der Waals surface area contributed by atoms with Crippen molar-refractivity contribution in [2.45, 2.75) is 17.9 Å². The van der Waals surface area contributed by atoms with Gasteiger partial charge in [-0.2, -0.15) is 0 Å². The number of halogens is 1. The highest BCUT2D eigenvalue weighted by Crippen LogP contribution is 2.30. The molecule has 1 fully saturated rings. The number of epoxide rings is 1. The summed E-state index contributed by atoms with van der Waals surface area (Å²) in [5, 5.41) is 0.110. The van der Waals surface area contributed by atoms with Crippen LogP contribution in [0.3, 0.4) is 0 Å². The lowest BCUT2D eigenvalue weighted by molar-refractivity contribution is 0.394. The Bertz CT molecular complexity index is 243. The summed E-state index contributed by atoms with van der Waals surface area (Å²) in [5.74, 6) is 0. The monoisotopic (exact) mass is 182 g/mol. The van der Waals surface area contributed by atoms with Crippen molar-refractivity contribution < 1.29 is 4.74 Å². The Morgan fingerprint density at radius 2 is 2.08 bits per heavy atom. The lowest BCUT2D eigenvalue weighted by Crippen LogP contribution is -1.94. The fraction of sp³-hybridized carbons (Fsp3) is 0.400. The molecule has 0 amide bonds. The van der Waals surface area contributed by atoms with Gasteiger partial charge in [0.25, 0.3) is 0 Å². The lowest BCUT2D eigenvalue weighted by Gasteiger charge is -2.06. The number of alkyl halides is 1. The number of hydrogen-bond donors (Lipinski definition) is 0. The van der Waals surface area contributed by atoms with Gasteiger partial charge in [0.1, 0.15) is 0 Å². The summed E-state index contributed by atoms with van der Waals surface area (Å²) in [6.45, 7) is 0.885. The van der Waals surface area contributed by atoms with E-state index in [4.69, 9.17) is 16.3 Å². The van der Waals surface area contributed by atoms with Crippen LogP contribution in [0.2, 0.25) is 0 Å². The highest BCUT2D eigenvalue weighted by Gasteiger charge is 2.26. The molecule has 12 heavy (non-hydrogen) atoms. The Morgan fingerprint density at radius 3 is 2.67 bits per heavy atom. The molecule has 1 aliphatic heterocycles. The van der Waals surface area contributed by atoms with Crippen LogP contribution in [0.4, 0.5) is 0 Å². The maximum Gasteiger partial charge on any atom is 0.0827 e. The molecule has 1 aliphatic rings. The molecular formula is C10H11ClO. The maximum absolute atomic E-state index is 6.16. The molecule has 1 nitrogen and oxygen atoms in total. The van der Waals surface area contributed by atoms with E-state index in [9.17, 15) is 0 Å². The topological polar surface area (TPSA) is 12.5 Å². The van der Waals surface area contributed by atoms with Crippen molar-refractivity contribution >= 4 is 11.6 Å². The predicted octanol–water partition coefficient (Wildman–Crippen LogP) is 2.76. The zero-order chi connectivity index (χ0) is 8.39. The Labute approximate surface area is 77.3 Å². The second-order valence-electron chi connectivity index (χ2n) is 3.07. The number of ether oxygens (including phenoxy) is 1. The van der Waals surface area contributed by atoms with E-state index in [1.165, 1.54) is 5.56 Å². The van der Waals surface area contributed by atoms with E-state index >= 15 is 0 Å². The second kappa shape index (κ2) is 3.46. The van der Waals surface area contributed by atoms with Gasteiger partial charge in [-0.05, 0) is 12.0 Å². The molecule has 0 aromatic heterocycles. The molecule has 1 saturated heterocycles. The molecular weight excluding hydrogens is 172 g/mol. The largest absolute Gasteiger partial charge is 0.373 e. The van der Waals surface area contributed by atoms with Gasteiger partial charge in [0.05, 0.1) is 18.1 Å². The number of rotatable bonds is 3. The third-order valence-electron chi connectivity index (χ3n) is 2.03. The van der Waals surface area contributed by atoms with Crippen molar-refractivity contribution in [2.75, 3.05) is 6.61 Å². The molecule has 2 heteroatoms. The molecule has 1 aromatic rings. The Morgan fingerprint density at radius 1 is 1.42 bits per heavy atom. The third kappa shape index (κ3) is 1.99. The summed E-state index contributed by atoms with van der Waals surface area (Å²) < 4.78 is 5.12. The summed E-state index contributed by atoms with van der Waals surface area (Å²) >= 11 is 6.16. The first-order valence-corrected chi connectivity index (χ1v) is 4.60. The van der Waals surface area contributed by atoms with Crippen LogP contribution in [0, 0.1) is 0 Å². The van der Waals surface area contributed by atoms with Gasteiger partial charge in [0.2, 0.25) is 0 Å². The Kier molecular flexibility index (Phi) is 2.33. The Hall–Kier alpha value is -0.530. The van der Waals surface area contributed by atoms with Crippen molar-refractivity contribution in [3.8, 4) is 0 Å². The van der Waals surface area contributed by atoms with Crippen LogP contribution >= 0.6 is 11.6 Å².